The predicted molar refractivity (Wildman–Crippen MR) is 54.4 cm³/mol. The molecule has 0 N–H and O–H groups in total. The van der Waals surface area contributed by atoms with E-state index in [-0.39, 0.29) is 5.41 Å². The summed E-state index contributed by atoms with van der Waals surface area (Å²) in [7, 11) is 0. The number of hydrogen-bond acceptors (Lipinski definition) is 1. The first-order valence-corrected chi connectivity index (χ1v) is 5.06. The monoisotopic (exact) mass is 174 g/mol. The maximum Gasteiger partial charge on any atom is 0.0305 e. The summed E-state index contributed by atoms with van der Waals surface area (Å²) in [6.07, 6.45) is 11.5. The van der Waals surface area contributed by atoms with Crippen molar-refractivity contribution in [1.82, 2.24) is 4.98 Å². The van der Waals surface area contributed by atoms with Crippen LogP contribution < -0.4 is 0 Å². The van der Waals surface area contributed by atoms with Gasteiger partial charge in [-0.25, -0.2) is 0 Å². The third-order valence-corrected chi connectivity index (χ3v) is 3.07. The first-order valence-electron chi connectivity index (χ1n) is 5.06. The Morgan fingerprint density at radius 2 is 2.31 bits per heavy atom. The molecule has 0 amide bonds. The number of hydrogen-bond donors (Lipinski definition) is 0. The molecule has 0 bridgehead atoms. The predicted octanol–water partition coefficient (Wildman–Crippen LogP) is 3.12. The van der Waals surface area contributed by atoms with Gasteiger partial charge in [0, 0.05) is 12.4 Å². The van der Waals surface area contributed by atoms with Crippen LogP contribution in [0, 0.1) is 6.42 Å². The Kier molecular flexibility index (Phi) is 2.34. The quantitative estimate of drug-likeness (QED) is 0.637. The van der Waals surface area contributed by atoms with E-state index in [1.807, 2.05) is 18.5 Å². The van der Waals surface area contributed by atoms with E-state index in [2.05, 4.69) is 24.4 Å². The molecule has 1 unspecified atom stereocenters. The van der Waals surface area contributed by atoms with Crippen LogP contribution in [0.3, 0.4) is 0 Å². The van der Waals surface area contributed by atoms with Crippen LogP contribution in [-0.4, -0.2) is 4.98 Å². The van der Waals surface area contributed by atoms with Crippen LogP contribution in [0.15, 0.2) is 24.5 Å². The van der Waals surface area contributed by atoms with Gasteiger partial charge in [-0.1, -0.05) is 25.8 Å². The van der Waals surface area contributed by atoms with Crippen molar-refractivity contribution in [3.63, 3.8) is 0 Å². The lowest BCUT2D eigenvalue weighted by atomic mass is 9.71. The molecular weight excluding hydrogens is 158 g/mol. The molecule has 1 aliphatic carbocycles. The SMILES string of the molecule is CC1(c2cccnc2)[CH]CCCC1. The smallest absolute Gasteiger partial charge is 0.0305 e. The molecule has 1 heterocycles. The third-order valence-electron chi connectivity index (χ3n) is 3.07. The molecule has 1 atom stereocenters. The lowest BCUT2D eigenvalue weighted by Crippen LogP contribution is -2.25. The van der Waals surface area contributed by atoms with Crippen molar-refractivity contribution in [2.75, 3.05) is 0 Å². The van der Waals surface area contributed by atoms with Crippen molar-refractivity contribution in [1.29, 1.82) is 0 Å². The molecular formula is C12H16N. The van der Waals surface area contributed by atoms with E-state index in [4.69, 9.17) is 0 Å². The Morgan fingerprint density at radius 3 is 2.92 bits per heavy atom. The van der Waals surface area contributed by atoms with Gasteiger partial charge in [0.1, 0.15) is 0 Å². The Balaban J connectivity index is 2.23. The highest BCUT2D eigenvalue weighted by atomic mass is 14.6. The molecule has 0 aliphatic heterocycles. The summed E-state index contributed by atoms with van der Waals surface area (Å²) < 4.78 is 0. The second kappa shape index (κ2) is 3.49. The van der Waals surface area contributed by atoms with Gasteiger partial charge in [-0.2, -0.15) is 0 Å². The molecule has 1 saturated carbocycles. The molecule has 1 radical (unpaired) electrons. The van der Waals surface area contributed by atoms with E-state index in [1.165, 1.54) is 31.2 Å². The van der Waals surface area contributed by atoms with E-state index < -0.39 is 0 Å². The molecule has 1 aromatic heterocycles. The number of pyridine rings is 1. The average molecular weight is 174 g/mol. The zero-order chi connectivity index (χ0) is 9.15. The fourth-order valence-corrected chi connectivity index (χ4v) is 2.12. The molecule has 1 aliphatic rings. The van der Waals surface area contributed by atoms with Gasteiger partial charge in [0.15, 0.2) is 0 Å². The van der Waals surface area contributed by atoms with E-state index in [1.54, 1.807) is 0 Å². The summed E-state index contributed by atoms with van der Waals surface area (Å²) in [6, 6.07) is 4.22. The molecule has 1 nitrogen and oxygen atoms in total. The largest absolute Gasteiger partial charge is 0.264 e. The first-order chi connectivity index (χ1) is 6.31. The minimum absolute atomic E-state index is 0.284. The maximum atomic E-state index is 4.19. The Morgan fingerprint density at radius 1 is 1.38 bits per heavy atom. The fourth-order valence-electron chi connectivity index (χ4n) is 2.12. The lowest BCUT2D eigenvalue weighted by Gasteiger charge is -2.33. The van der Waals surface area contributed by atoms with E-state index in [0.717, 1.165) is 0 Å². The number of aromatic nitrogens is 1. The normalized spacial score (nSPS) is 21.3. The minimum Gasteiger partial charge on any atom is -0.264 e. The van der Waals surface area contributed by atoms with Crippen molar-refractivity contribution in [2.24, 2.45) is 0 Å². The molecule has 13 heavy (non-hydrogen) atoms. The molecule has 1 aromatic rings. The zero-order valence-electron chi connectivity index (χ0n) is 8.16. The van der Waals surface area contributed by atoms with Gasteiger partial charge in [-0.15, -0.1) is 0 Å². The summed E-state index contributed by atoms with van der Waals surface area (Å²) in [6.45, 7) is 2.32. The third kappa shape index (κ3) is 1.74. The van der Waals surface area contributed by atoms with Crippen molar-refractivity contribution >= 4 is 0 Å². The summed E-state index contributed by atoms with van der Waals surface area (Å²) in [5, 5.41) is 0. The summed E-state index contributed by atoms with van der Waals surface area (Å²) in [5.41, 5.74) is 1.65. The summed E-state index contributed by atoms with van der Waals surface area (Å²) >= 11 is 0. The Bertz CT molecular complexity index is 260. The number of rotatable bonds is 1. The summed E-state index contributed by atoms with van der Waals surface area (Å²) in [4.78, 5) is 4.19. The minimum atomic E-state index is 0.284. The van der Waals surface area contributed by atoms with Gasteiger partial charge >= 0.3 is 0 Å². The lowest BCUT2D eigenvalue weighted by molar-refractivity contribution is 0.405. The second-order valence-corrected chi connectivity index (χ2v) is 4.11. The highest BCUT2D eigenvalue weighted by Crippen LogP contribution is 2.37. The van der Waals surface area contributed by atoms with Crippen molar-refractivity contribution < 1.29 is 0 Å². The van der Waals surface area contributed by atoms with Gasteiger partial charge in [0.25, 0.3) is 0 Å². The van der Waals surface area contributed by atoms with E-state index in [0.29, 0.717) is 0 Å². The summed E-state index contributed by atoms with van der Waals surface area (Å²) in [5.74, 6) is 0. The first kappa shape index (κ1) is 8.74. The van der Waals surface area contributed by atoms with Gasteiger partial charge in [0.05, 0.1) is 0 Å². The van der Waals surface area contributed by atoms with E-state index >= 15 is 0 Å². The van der Waals surface area contributed by atoms with Crippen LogP contribution in [0.1, 0.15) is 38.2 Å². The molecule has 1 fully saturated rings. The highest BCUT2D eigenvalue weighted by molar-refractivity contribution is 5.25. The van der Waals surface area contributed by atoms with Crippen LogP contribution in [-0.2, 0) is 5.41 Å². The zero-order valence-corrected chi connectivity index (χ0v) is 8.16. The Labute approximate surface area is 80.2 Å². The van der Waals surface area contributed by atoms with Crippen LogP contribution >= 0.6 is 0 Å². The van der Waals surface area contributed by atoms with Crippen molar-refractivity contribution in [3.05, 3.63) is 36.5 Å². The fraction of sp³-hybridized carbons (Fsp3) is 0.500. The van der Waals surface area contributed by atoms with Crippen LogP contribution in [0.2, 0.25) is 0 Å². The highest BCUT2D eigenvalue weighted by Gasteiger charge is 2.28. The molecule has 0 aromatic carbocycles. The standard InChI is InChI=1S/C12H16N/c1-12(7-3-2-4-8-12)11-6-5-9-13-10-11/h5-7,9-10H,2-4,8H2,1H3. The van der Waals surface area contributed by atoms with Crippen LogP contribution in [0.25, 0.3) is 0 Å². The molecule has 1 heteroatoms. The topological polar surface area (TPSA) is 12.9 Å². The van der Waals surface area contributed by atoms with Crippen molar-refractivity contribution in [2.45, 2.75) is 38.0 Å². The van der Waals surface area contributed by atoms with Gasteiger partial charge in [0.2, 0.25) is 0 Å². The molecule has 2 rings (SSSR count). The van der Waals surface area contributed by atoms with Crippen molar-refractivity contribution in [3.8, 4) is 0 Å². The average Bonchev–Trinajstić information content (AvgIpc) is 2.20. The van der Waals surface area contributed by atoms with Gasteiger partial charge in [-0.05, 0) is 36.3 Å². The van der Waals surface area contributed by atoms with E-state index in [9.17, 15) is 0 Å². The van der Waals surface area contributed by atoms with Crippen LogP contribution in [0.5, 0.6) is 0 Å². The molecule has 69 valence electrons. The van der Waals surface area contributed by atoms with Gasteiger partial charge < -0.3 is 0 Å². The number of nitrogens with zero attached hydrogens (tertiary/aromatic N) is 1. The van der Waals surface area contributed by atoms with Crippen LogP contribution in [0.4, 0.5) is 0 Å². The molecule has 0 saturated heterocycles. The molecule has 0 spiro atoms. The Hall–Kier alpha value is -0.850. The van der Waals surface area contributed by atoms with Gasteiger partial charge in [-0.3, -0.25) is 4.98 Å². The second-order valence-electron chi connectivity index (χ2n) is 4.11. The maximum absolute atomic E-state index is 4.19.